The summed E-state index contributed by atoms with van der Waals surface area (Å²) >= 11 is 9.93. The van der Waals surface area contributed by atoms with Gasteiger partial charge in [-0.3, -0.25) is 0 Å². The van der Waals surface area contributed by atoms with Crippen LogP contribution >= 0.6 is 24.2 Å². The Morgan fingerprint density at radius 3 is 2.92 bits per heavy atom. The second-order valence-electron chi connectivity index (χ2n) is 2.42. The Kier molecular flexibility index (Phi) is 3.63. The molecule has 1 aromatic heterocycles. The summed E-state index contributed by atoms with van der Waals surface area (Å²) < 4.78 is 0. The van der Waals surface area contributed by atoms with E-state index in [2.05, 4.69) is 17.6 Å². The van der Waals surface area contributed by atoms with E-state index < -0.39 is 0 Å². The lowest BCUT2D eigenvalue weighted by atomic mass is 10.2. The van der Waals surface area contributed by atoms with Crippen molar-refractivity contribution in [1.29, 1.82) is 0 Å². The summed E-state index contributed by atoms with van der Waals surface area (Å²) in [6.07, 6.45) is 3.85. The summed E-state index contributed by atoms with van der Waals surface area (Å²) in [5.74, 6) is 0.713. The highest BCUT2D eigenvalue weighted by atomic mass is 35.5. The molecule has 3 heteroatoms. The molecule has 0 saturated carbocycles. The van der Waals surface area contributed by atoms with Gasteiger partial charge in [0.25, 0.3) is 0 Å². The van der Waals surface area contributed by atoms with Crippen LogP contribution in [0.5, 0.6) is 0 Å². The first kappa shape index (κ1) is 9.62. The molecule has 1 nitrogen and oxygen atoms in total. The van der Waals surface area contributed by atoms with Gasteiger partial charge in [0.05, 0.1) is 0 Å². The molecule has 0 aliphatic carbocycles. The highest BCUT2D eigenvalue weighted by Gasteiger charge is 1.96. The number of nitrogens with zero attached hydrogens (tertiary/aromatic N) is 1. The van der Waals surface area contributed by atoms with E-state index in [0.29, 0.717) is 10.9 Å². The lowest BCUT2D eigenvalue weighted by molar-refractivity contribution is 1.19. The van der Waals surface area contributed by atoms with Crippen molar-refractivity contribution in [2.45, 2.75) is 6.92 Å². The maximum Gasteiger partial charge on any atom is 0.136 e. The third-order valence-electron chi connectivity index (χ3n) is 1.42. The van der Waals surface area contributed by atoms with E-state index in [1.807, 2.05) is 31.2 Å². The molecule has 64 valence electrons. The Bertz CT molecular complexity index is 297. The van der Waals surface area contributed by atoms with Gasteiger partial charge in [-0.15, -0.1) is 0 Å². The third-order valence-corrected chi connectivity index (χ3v) is 1.93. The van der Waals surface area contributed by atoms with E-state index >= 15 is 0 Å². The molecule has 0 aliphatic heterocycles. The Hall–Kier alpha value is -0.470. The molecule has 12 heavy (non-hydrogen) atoms. The maximum atomic E-state index is 5.88. The van der Waals surface area contributed by atoms with Crippen molar-refractivity contribution < 1.29 is 0 Å². The minimum atomic E-state index is 0.549. The SMILES string of the molecule is Cc1ccc(C=CCS)c(Cl)n1. The summed E-state index contributed by atoms with van der Waals surface area (Å²) in [4.78, 5) is 4.12. The molecule has 1 rings (SSSR count). The molecule has 0 saturated heterocycles. The fraction of sp³-hybridized carbons (Fsp3) is 0.222. The van der Waals surface area contributed by atoms with Crippen molar-refractivity contribution in [3.63, 3.8) is 0 Å². The lowest BCUT2D eigenvalue weighted by Gasteiger charge is -1.97. The van der Waals surface area contributed by atoms with Crippen LogP contribution in [0.15, 0.2) is 18.2 Å². The molecule has 0 unspecified atom stereocenters. The van der Waals surface area contributed by atoms with Crippen LogP contribution in [0.25, 0.3) is 6.08 Å². The Labute approximate surface area is 82.9 Å². The van der Waals surface area contributed by atoms with Gasteiger partial charge in [0.15, 0.2) is 0 Å². The van der Waals surface area contributed by atoms with E-state index in [1.165, 1.54) is 0 Å². The molecule has 1 heterocycles. The molecule has 0 amide bonds. The number of hydrogen-bond acceptors (Lipinski definition) is 2. The first-order chi connectivity index (χ1) is 5.74. The average Bonchev–Trinajstić information content (AvgIpc) is 2.03. The molecule has 0 aliphatic rings. The van der Waals surface area contributed by atoms with Gasteiger partial charge < -0.3 is 0 Å². The number of rotatable bonds is 2. The summed E-state index contributed by atoms with van der Waals surface area (Å²) in [6.45, 7) is 1.91. The molecular weight excluding hydrogens is 190 g/mol. The summed E-state index contributed by atoms with van der Waals surface area (Å²) in [6, 6.07) is 3.88. The van der Waals surface area contributed by atoms with Gasteiger partial charge in [0.1, 0.15) is 5.15 Å². The van der Waals surface area contributed by atoms with Crippen LogP contribution in [0.2, 0.25) is 5.15 Å². The lowest BCUT2D eigenvalue weighted by Crippen LogP contribution is -1.84. The van der Waals surface area contributed by atoms with E-state index in [1.54, 1.807) is 0 Å². The minimum Gasteiger partial charge on any atom is -0.241 e. The molecule has 0 N–H and O–H groups in total. The van der Waals surface area contributed by atoms with Crippen LogP contribution in [0, 0.1) is 6.92 Å². The first-order valence-electron chi connectivity index (χ1n) is 3.64. The van der Waals surface area contributed by atoms with Crippen molar-refractivity contribution in [2.75, 3.05) is 5.75 Å². The molecule has 0 spiro atoms. The predicted octanol–water partition coefficient (Wildman–Crippen LogP) is 2.99. The molecule has 0 atom stereocenters. The number of aromatic nitrogens is 1. The van der Waals surface area contributed by atoms with E-state index in [-0.39, 0.29) is 0 Å². The van der Waals surface area contributed by atoms with Crippen LogP contribution in [0.1, 0.15) is 11.3 Å². The van der Waals surface area contributed by atoms with Gasteiger partial charge in [-0.05, 0) is 13.0 Å². The minimum absolute atomic E-state index is 0.549. The largest absolute Gasteiger partial charge is 0.241 e. The van der Waals surface area contributed by atoms with Gasteiger partial charge in [0, 0.05) is 17.0 Å². The van der Waals surface area contributed by atoms with Gasteiger partial charge in [0.2, 0.25) is 0 Å². The zero-order valence-electron chi connectivity index (χ0n) is 6.79. The van der Waals surface area contributed by atoms with Crippen LogP contribution in [0.3, 0.4) is 0 Å². The third kappa shape index (κ3) is 2.54. The highest BCUT2D eigenvalue weighted by molar-refractivity contribution is 7.80. The summed E-state index contributed by atoms with van der Waals surface area (Å²) in [7, 11) is 0. The van der Waals surface area contributed by atoms with Crippen LogP contribution in [-0.2, 0) is 0 Å². The highest BCUT2D eigenvalue weighted by Crippen LogP contribution is 2.14. The van der Waals surface area contributed by atoms with E-state index in [0.717, 1.165) is 11.3 Å². The van der Waals surface area contributed by atoms with Crippen LogP contribution in [0.4, 0.5) is 0 Å². The van der Waals surface area contributed by atoms with Crippen LogP contribution in [-0.4, -0.2) is 10.7 Å². The van der Waals surface area contributed by atoms with E-state index in [9.17, 15) is 0 Å². The van der Waals surface area contributed by atoms with Gasteiger partial charge in [-0.2, -0.15) is 12.6 Å². The first-order valence-corrected chi connectivity index (χ1v) is 4.65. The molecular formula is C9H10ClNS. The zero-order chi connectivity index (χ0) is 8.97. The topological polar surface area (TPSA) is 12.9 Å². The van der Waals surface area contributed by atoms with Crippen LogP contribution < -0.4 is 0 Å². The fourth-order valence-electron chi connectivity index (χ4n) is 0.840. The summed E-state index contributed by atoms with van der Waals surface area (Å²) in [5.41, 5.74) is 1.87. The predicted molar refractivity (Wildman–Crippen MR) is 56.9 cm³/mol. The van der Waals surface area contributed by atoms with Crippen molar-refractivity contribution in [3.8, 4) is 0 Å². The Morgan fingerprint density at radius 2 is 2.33 bits per heavy atom. The number of hydrogen-bond donors (Lipinski definition) is 1. The molecule has 0 aromatic carbocycles. The second-order valence-corrected chi connectivity index (χ2v) is 3.14. The Morgan fingerprint density at radius 1 is 1.58 bits per heavy atom. The summed E-state index contributed by atoms with van der Waals surface area (Å²) in [5, 5.41) is 0.549. The number of halogens is 1. The molecule has 0 radical (unpaired) electrons. The monoisotopic (exact) mass is 199 g/mol. The molecule has 0 bridgehead atoms. The van der Waals surface area contributed by atoms with Gasteiger partial charge >= 0.3 is 0 Å². The Balaban J connectivity index is 2.94. The average molecular weight is 200 g/mol. The van der Waals surface area contributed by atoms with Crippen molar-refractivity contribution >= 4 is 30.3 Å². The normalized spacial score (nSPS) is 10.9. The van der Waals surface area contributed by atoms with Crippen molar-refractivity contribution in [1.82, 2.24) is 4.98 Å². The number of aryl methyl sites for hydroxylation is 1. The number of pyridine rings is 1. The fourth-order valence-corrected chi connectivity index (χ4v) is 1.20. The standard InChI is InChI=1S/C9H10ClNS/c1-7-4-5-8(3-2-6-12)9(10)11-7/h2-5,12H,6H2,1H3. The smallest absolute Gasteiger partial charge is 0.136 e. The van der Waals surface area contributed by atoms with Gasteiger partial charge in [-0.25, -0.2) is 4.98 Å². The van der Waals surface area contributed by atoms with Gasteiger partial charge in [-0.1, -0.05) is 29.8 Å². The zero-order valence-corrected chi connectivity index (χ0v) is 8.44. The van der Waals surface area contributed by atoms with Crippen molar-refractivity contribution in [3.05, 3.63) is 34.6 Å². The van der Waals surface area contributed by atoms with Crippen molar-refractivity contribution in [2.24, 2.45) is 0 Å². The maximum absolute atomic E-state index is 5.88. The quantitative estimate of drug-likeness (QED) is 0.571. The number of thiol groups is 1. The second kappa shape index (κ2) is 4.53. The molecule has 0 fully saturated rings. The molecule has 1 aromatic rings. The van der Waals surface area contributed by atoms with E-state index in [4.69, 9.17) is 11.6 Å².